The van der Waals surface area contributed by atoms with Crippen LogP contribution in [0.1, 0.15) is 20.8 Å². The lowest BCUT2D eigenvalue weighted by Gasteiger charge is -2.39. The van der Waals surface area contributed by atoms with Gasteiger partial charge in [0.1, 0.15) is 13.1 Å². The first-order chi connectivity index (χ1) is 7.89. The van der Waals surface area contributed by atoms with Gasteiger partial charge in [-0.3, -0.25) is 4.18 Å². The number of quaternary nitrogens is 1. The van der Waals surface area contributed by atoms with Gasteiger partial charge in [-0.05, 0) is 20.8 Å². The van der Waals surface area contributed by atoms with Crippen molar-refractivity contribution in [2.24, 2.45) is 0 Å². The molecule has 17 heavy (non-hydrogen) atoms. The van der Waals surface area contributed by atoms with Gasteiger partial charge in [0.25, 0.3) is 0 Å². The van der Waals surface area contributed by atoms with E-state index in [1.807, 2.05) is 0 Å². The summed E-state index contributed by atoms with van der Waals surface area (Å²) in [7, 11) is -4.42. The molecule has 0 spiro atoms. The third-order valence-electron chi connectivity index (χ3n) is 3.02. The van der Waals surface area contributed by atoms with Gasteiger partial charge in [0.05, 0.1) is 32.9 Å². The Kier molecular flexibility index (Phi) is 7.89. The predicted molar refractivity (Wildman–Crippen MR) is 63.2 cm³/mol. The Balaban J connectivity index is 0.000000325. The van der Waals surface area contributed by atoms with Crippen molar-refractivity contribution in [3.8, 4) is 0 Å². The molecular weight excluding hydrogens is 246 g/mol. The van der Waals surface area contributed by atoms with Gasteiger partial charge in [-0.1, -0.05) is 0 Å². The molecule has 0 aromatic rings. The molecule has 0 bridgehead atoms. The SMILES string of the molecule is CCOS(=O)(=O)[O-].CC[N+]1(CC)CCOCC1. The molecule has 0 N–H and O–H groups in total. The Morgan fingerprint density at radius 3 is 1.82 bits per heavy atom. The van der Waals surface area contributed by atoms with Crippen LogP contribution in [0, 0.1) is 0 Å². The summed E-state index contributed by atoms with van der Waals surface area (Å²) < 4.78 is 38.6. The van der Waals surface area contributed by atoms with E-state index in [0.29, 0.717) is 0 Å². The lowest BCUT2D eigenvalue weighted by Crippen LogP contribution is -2.54. The number of nitrogens with zero attached hydrogens (tertiary/aromatic N) is 1. The highest BCUT2D eigenvalue weighted by molar-refractivity contribution is 7.80. The quantitative estimate of drug-likeness (QED) is 0.418. The molecule has 0 aliphatic carbocycles. The zero-order chi connectivity index (χ0) is 13.4. The maximum atomic E-state index is 9.45. The van der Waals surface area contributed by atoms with Gasteiger partial charge in [0.2, 0.25) is 10.4 Å². The lowest BCUT2D eigenvalue weighted by atomic mass is 10.3. The standard InChI is InChI=1S/C8H18NO.C2H6O4S/c1-3-9(4-2)5-7-10-8-6-9;1-2-6-7(3,4)5/h3-8H2,1-2H3;2H2,1H3,(H,3,4,5)/q+1;/p-1. The van der Waals surface area contributed by atoms with Gasteiger partial charge in [-0.2, -0.15) is 0 Å². The van der Waals surface area contributed by atoms with Crippen LogP contribution in [-0.4, -0.2) is 63.5 Å². The molecule has 0 amide bonds. The van der Waals surface area contributed by atoms with Crippen LogP contribution in [0.25, 0.3) is 0 Å². The van der Waals surface area contributed by atoms with Crippen molar-refractivity contribution < 1.29 is 26.4 Å². The smallest absolute Gasteiger partial charge is 0.217 e. The molecule has 1 aliphatic heterocycles. The van der Waals surface area contributed by atoms with Crippen LogP contribution in [0.5, 0.6) is 0 Å². The van der Waals surface area contributed by atoms with Crippen LogP contribution < -0.4 is 0 Å². The summed E-state index contributed by atoms with van der Waals surface area (Å²) in [6.07, 6.45) is 0. The van der Waals surface area contributed by atoms with E-state index in [2.05, 4.69) is 18.0 Å². The Labute approximate surface area is 104 Å². The number of likely N-dealkylation sites (N-methyl/N-ethyl adjacent to an activating group) is 1. The summed E-state index contributed by atoms with van der Waals surface area (Å²) >= 11 is 0. The highest BCUT2D eigenvalue weighted by atomic mass is 32.3. The van der Waals surface area contributed by atoms with Crippen molar-refractivity contribution in [2.45, 2.75) is 20.8 Å². The molecule has 1 heterocycles. The predicted octanol–water partition coefficient (Wildman–Crippen LogP) is 0.356. The highest BCUT2D eigenvalue weighted by Crippen LogP contribution is 2.09. The molecule has 0 aromatic carbocycles. The number of morpholine rings is 1. The van der Waals surface area contributed by atoms with Crippen molar-refractivity contribution in [3.63, 3.8) is 0 Å². The van der Waals surface area contributed by atoms with Gasteiger partial charge in [0, 0.05) is 0 Å². The zero-order valence-corrected chi connectivity index (χ0v) is 11.7. The van der Waals surface area contributed by atoms with Crippen LogP contribution in [0.2, 0.25) is 0 Å². The van der Waals surface area contributed by atoms with Crippen LogP contribution in [0.3, 0.4) is 0 Å². The number of rotatable bonds is 4. The summed E-state index contributed by atoms with van der Waals surface area (Å²) in [4.78, 5) is 0. The van der Waals surface area contributed by atoms with Crippen molar-refractivity contribution >= 4 is 10.4 Å². The first kappa shape index (κ1) is 16.8. The second kappa shape index (κ2) is 7.99. The lowest BCUT2D eigenvalue weighted by molar-refractivity contribution is -0.931. The van der Waals surface area contributed by atoms with Crippen LogP contribution in [-0.2, 0) is 19.3 Å². The summed E-state index contributed by atoms with van der Waals surface area (Å²) in [6.45, 7) is 12.8. The van der Waals surface area contributed by atoms with Gasteiger partial charge in [-0.15, -0.1) is 0 Å². The molecule has 1 saturated heterocycles. The Morgan fingerprint density at radius 2 is 1.65 bits per heavy atom. The van der Waals surface area contributed by atoms with Gasteiger partial charge >= 0.3 is 0 Å². The fraction of sp³-hybridized carbons (Fsp3) is 1.00. The monoisotopic (exact) mass is 269 g/mol. The first-order valence-electron chi connectivity index (χ1n) is 5.92. The first-order valence-corrected chi connectivity index (χ1v) is 7.25. The largest absolute Gasteiger partial charge is 0.726 e. The Bertz CT molecular complexity index is 279. The van der Waals surface area contributed by atoms with Crippen molar-refractivity contribution in [2.75, 3.05) is 46.0 Å². The molecule has 1 fully saturated rings. The highest BCUT2D eigenvalue weighted by Gasteiger charge is 2.25. The number of hydrogen-bond acceptors (Lipinski definition) is 5. The van der Waals surface area contributed by atoms with Crippen LogP contribution >= 0.6 is 0 Å². The van der Waals surface area contributed by atoms with Crippen molar-refractivity contribution in [1.29, 1.82) is 0 Å². The third kappa shape index (κ3) is 7.67. The summed E-state index contributed by atoms with van der Waals surface area (Å²) in [5, 5.41) is 0. The van der Waals surface area contributed by atoms with E-state index < -0.39 is 10.4 Å². The maximum absolute atomic E-state index is 9.45. The van der Waals surface area contributed by atoms with E-state index in [1.54, 1.807) is 0 Å². The molecule has 104 valence electrons. The molecule has 0 radical (unpaired) electrons. The average molecular weight is 269 g/mol. The Hall–Kier alpha value is -0.210. The zero-order valence-electron chi connectivity index (χ0n) is 10.8. The van der Waals surface area contributed by atoms with Gasteiger partial charge < -0.3 is 13.8 Å². The third-order valence-corrected chi connectivity index (χ3v) is 3.55. The number of ether oxygens (including phenoxy) is 1. The van der Waals surface area contributed by atoms with E-state index in [9.17, 15) is 13.0 Å². The molecule has 7 heteroatoms. The Morgan fingerprint density at radius 1 is 1.18 bits per heavy atom. The fourth-order valence-electron chi connectivity index (χ4n) is 1.73. The normalized spacial score (nSPS) is 19.3. The van der Waals surface area contributed by atoms with E-state index in [4.69, 9.17) is 4.74 Å². The molecule has 0 aromatic heterocycles. The van der Waals surface area contributed by atoms with E-state index in [-0.39, 0.29) is 6.61 Å². The van der Waals surface area contributed by atoms with Gasteiger partial charge in [0.15, 0.2) is 0 Å². The van der Waals surface area contributed by atoms with E-state index >= 15 is 0 Å². The molecule has 1 aliphatic rings. The summed E-state index contributed by atoms with van der Waals surface area (Å²) in [5.74, 6) is 0. The molecule has 0 atom stereocenters. The molecule has 0 unspecified atom stereocenters. The maximum Gasteiger partial charge on any atom is 0.217 e. The minimum atomic E-state index is -4.42. The van der Waals surface area contributed by atoms with Crippen molar-refractivity contribution in [3.05, 3.63) is 0 Å². The summed E-state index contributed by atoms with van der Waals surface area (Å²) in [5.41, 5.74) is 0. The minimum absolute atomic E-state index is 0.0914. The second-order valence-electron chi connectivity index (χ2n) is 3.85. The number of hydrogen-bond donors (Lipinski definition) is 0. The fourth-order valence-corrected chi connectivity index (χ4v) is 2.02. The second-order valence-corrected chi connectivity index (χ2v) is 4.90. The molecular formula is C10H23NO5S. The van der Waals surface area contributed by atoms with Crippen LogP contribution in [0.15, 0.2) is 0 Å². The van der Waals surface area contributed by atoms with Gasteiger partial charge in [-0.25, -0.2) is 8.42 Å². The molecule has 1 rings (SSSR count). The van der Waals surface area contributed by atoms with E-state index in [1.165, 1.54) is 37.6 Å². The van der Waals surface area contributed by atoms with E-state index in [0.717, 1.165) is 13.2 Å². The molecule has 0 saturated carbocycles. The molecule has 6 nitrogen and oxygen atoms in total. The topological polar surface area (TPSA) is 75.7 Å². The van der Waals surface area contributed by atoms with Crippen LogP contribution in [0.4, 0.5) is 0 Å². The summed E-state index contributed by atoms with van der Waals surface area (Å²) in [6, 6.07) is 0. The van der Waals surface area contributed by atoms with Crippen molar-refractivity contribution in [1.82, 2.24) is 0 Å². The average Bonchev–Trinajstić information content (AvgIpc) is 2.29. The minimum Gasteiger partial charge on any atom is -0.726 e.